The van der Waals surface area contributed by atoms with E-state index in [1.54, 1.807) is 0 Å². The zero-order valence-electron chi connectivity index (χ0n) is 7.62. The van der Waals surface area contributed by atoms with Crippen LogP contribution in [0.4, 0.5) is 4.79 Å². The van der Waals surface area contributed by atoms with E-state index in [0.717, 1.165) is 18.1 Å². The van der Waals surface area contributed by atoms with Gasteiger partial charge < -0.3 is 5.73 Å². The summed E-state index contributed by atoms with van der Waals surface area (Å²) in [5.74, 6) is 1.47. The van der Waals surface area contributed by atoms with Crippen molar-refractivity contribution >= 4 is 11.7 Å². The number of rotatable bonds is 2. The van der Waals surface area contributed by atoms with Crippen LogP contribution >= 0.6 is 0 Å². The number of hydrogen-bond donors (Lipinski definition) is 2. The molecule has 1 atom stereocenters. The lowest BCUT2D eigenvalue weighted by atomic mass is 9.66. The second-order valence-corrected chi connectivity index (χ2v) is 3.92. The molecule has 72 valence electrons. The van der Waals surface area contributed by atoms with Gasteiger partial charge in [-0.25, -0.2) is 10.2 Å². The number of carbonyl (C=O) groups is 1. The summed E-state index contributed by atoms with van der Waals surface area (Å²) in [5, 5.41) is 4.01. The summed E-state index contributed by atoms with van der Waals surface area (Å²) >= 11 is 0. The molecule has 0 spiro atoms. The van der Waals surface area contributed by atoms with Crippen molar-refractivity contribution in [2.24, 2.45) is 22.7 Å². The molecule has 0 aromatic heterocycles. The van der Waals surface area contributed by atoms with Gasteiger partial charge in [-0.05, 0) is 31.6 Å². The zero-order valence-corrected chi connectivity index (χ0v) is 7.62. The number of amides is 2. The molecule has 0 heterocycles. The highest BCUT2D eigenvalue weighted by Gasteiger charge is 2.36. The molecule has 4 nitrogen and oxygen atoms in total. The first-order chi connectivity index (χ1) is 6.27. The van der Waals surface area contributed by atoms with Gasteiger partial charge in [-0.1, -0.05) is 6.42 Å². The lowest BCUT2D eigenvalue weighted by molar-refractivity contribution is 0.224. The minimum absolute atomic E-state index is 0.563. The molecule has 0 radical (unpaired) electrons. The van der Waals surface area contributed by atoms with E-state index in [-0.39, 0.29) is 0 Å². The molecule has 0 saturated heterocycles. The molecule has 0 aliphatic heterocycles. The summed E-state index contributed by atoms with van der Waals surface area (Å²) in [5.41, 5.74) is 8.38. The van der Waals surface area contributed by atoms with Gasteiger partial charge in [-0.3, -0.25) is 0 Å². The summed E-state index contributed by atoms with van der Waals surface area (Å²) in [6, 6.07) is -0.563. The Kier molecular flexibility index (Phi) is 2.20. The van der Waals surface area contributed by atoms with Crippen molar-refractivity contribution in [2.75, 3.05) is 0 Å². The lowest BCUT2D eigenvalue weighted by Gasteiger charge is -2.40. The van der Waals surface area contributed by atoms with Gasteiger partial charge in [0.15, 0.2) is 0 Å². The number of primary amides is 1. The standard InChI is InChI=1S/C9H15N3O/c10-9(13)12-11-8-5-4-7(8)6-2-1-3-6/h6-7H,1-5H2,(H3,10,12,13)/b11-8-. The number of hydrogen-bond acceptors (Lipinski definition) is 2. The molecule has 2 aliphatic carbocycles. The van der Waals surface area contributed by atoms with Crippen LogP contribution in [-0.2, 0) is 0 Å². The molecule has 4 heteroatoms. The monoisotopic (exact) mass is 181 g/mol. The number of nitrogens with one attached hydrogen (secondary N) is 1. The van der Waals surface area contributed by atoms with E-state index < -0.39 is 6.03 Å². The number of hydrazone groups is 1. The summed E-state index contributed by atoms with van der Waals surface area (Å²) in [6.45, 7) is 0. The van der Waals surface area contributed by atoms with E-state index in [1.165, 1.54) is 25.7 Å². The third-order valence-corrected chi connectivity index (χ3v) is 3.17. The van der Waals surface area contributed by atoms with Gasteiger partial charge in [0.25, 0.3) is 0 Å². The maximum atomic E-state index is 10.4. The van der Waals surface area contributed by atoms with Crippen LogP contribution in [0.15, 0.2) is 5.10 Å². The van der Waals surface area contributed by atoms with Crippen molar-refractivity contribution in [1.82, 2.24) is 5.43 Å². The smallest absolute Gasteiger partial charge is 0.332 e. The van der Waals surface area contributed by atoms with Crippen molar-refractivity contribution in [3.63, 3.8) is 0 Å². The zero-order chi connectivity index (χ0) is 9.26. The Morgan fingerprint density at radius 1 is 1.46 bits per heavy atom. The summed E-state index contributed by atoms with van der Waals surface area (Å²) in [7, 11) is 0. The highest BCUT2D eigenvalue weighted by Crippen LogP contribution is 2.42. The highest BCUT2D eigenvalue weighted by molar-refractivity contribution is 5.92. The maximum Gasteiger partial charge on any atom is 0.332 e. The van der Waals surface area contributed by atoms with Gasteiger partial charge in [0, 0.05) is 11.6 Å². The van der Waals surface area contributed by atoms with Gasteiger partial charge in [-0.2, -0.15) is 5.10 Å². The molecule has 0 aromatic carbocycles. The molecule has 3 N–H and O–H groups in total. The summed E-state index contributed by atoms with van der Waals surface area (Å²) in [4.78, 5) is 10.4. The van der Waals surface area contributed by atoms with Crippen LogP contribution < -0.4 is 11.2 Å². The van der Waals surface area contributed by atoms with Crippen LogP contribution in [0.1, 0.15) is 32.1 Å². The van der Waals surface area contributed by atoms with Crippen LogP contribution in [0.5, 0.6) is 0 Å². The minimum Gasteiger partial charge on any atom is -0.350 e. The Balaban J connectivity index is 1.85. The van der Waals surface area contributed by atoms with E-state index in [9.17, 15) is 4.79 Å². The number of carbonyl (C=O) groups excluding carboxylic acids is 1. The van der Waals surface area contributed by atoms with Crippen molar-refractivity contribution in [3.8, 4) is 0 Å². The van der Waals surface area contributed by atoms with Crippen LogP contribution in [0.25, 0.3) is 0 Å². The SMILES string of the molecule is NC(=O)N/N=C1/CCC1C1CCC1. The minimum atomic E-state index is -0.563. The molecule has 0 aromatic rings. The van der Waals surface area contributed by atoms with Crippen molar-refractivity contribution in [3.05, 3.63) is 0 Å². The predicted octanol–water partition coefficient (Wildman–Crippen LogP) is 1.22. The molecule has 2 amide bonds. The topological polar surface area (TPSA) is 67.5 Å². The third kappa shape index (κ3) is 1.66. The van der Waals surface area contributed by atoms with Gasteiger partial charge >= 0.3 is 6.03 Å². The molecular formula is C9H15N3O. The van der Waals surface area contributed by atoms with E-state index in [1.807, 2.05) is 0 Å². The fraction of sp³-hybridized carbons (Fsp3) is 0.778. The highest BCUT2D eigenvalue weighted by atomic mass is 16.2. The van der Waals surface area contributed by atoms with Gasteiger partial charge in [0.05, 0.1) is 0 Å². The average molecular weight is 181 g/mol. The fourth-order valence-corrected chi connectivity index (χ4v) is 2.06. The average Bonchev–Trinajstić information content (AvgIpc) is 1.93. The van der Waals surface area contributed by atoms with Crippen LogP contribution in [0.2, 0.25) is 0 Å². The van der Waals surface area contributed by atoms with E-state index in [4.69, 9.17) is 5.73 Å². The van der Waals surface area contributed by atoms with Gasteiger partial charge in [-0.15, -0.1) is 0 Å². The Hall–Kier alpha value is -1.06. The van der Waals surface area contributed by atoms with E-state index in [2.05, 4.69) is 10.5 Å². The molecule has 0 bridgehead atoms. The fourth-order valence-electron chi connectivity index (χ4n) is 2.06. The number of urea groups is 1. The van der Waals surface area contributed by atoms with Crippen LogP contribution in [-0.4, -0.2) is 11.7 Å². The van der Waals surface area contributed by atoms with Crippen molar-refractivity contribution in [1.29, 1.82) is 0 Å². The van der Waals surface area contributed by atoms with Crippen molar-refractivity contribution < 1.29 is 4.79 Å². The van der Waals surface area contributed by atoms with E-state index in [0.29, 0.717) is 5.92 Å². The van der Waals surface area contributed by atoms with Gasteiger partial charge in [0.1, 0.15) is 0 Å². The van der Waals surface area contributed by atoms with Crippen LogP contribution in [0.3, 0.4) is 0 Å². The summed E-state index contributed by atoms with van der Waals surface area (Å²) in [6.07, 6.45) is 6.30. The summed E-state index contributed by atoms with van der Waals surface area (Å²) < 4.78 is 0. The Morgan fingerprint density at radius 3 is 2.62 bits per heavy atom. The second-order valence-electron chi connectivity index (χ2n) is 3.92. The maximum absolute atomic E-state index is 10.4. The molecule has 1 unspecified atom stereocenters. The normalized spacial score (nSPS) is 30.8. The first-order valence-electron chi connectivity index (χ1n) is 4.89. The Morgan fingerprint density at radius 2 is 2.23 bits per heavy atom. The molecule has 2 saturated carbocycles. The molecular weight excluding hydrogens is 166 g/mol. The lowest BCUT2D eigenvalue weighted by Crippen LogP contribution is -2.38. The third-order valence-electron chi connectivity index (χ3n) is 3.17. The molecule has 2 rings (SSSR count). The van der Waals surface area contributed by atoms with Crippen LogP contribution in [0, 0.1) is 11.8 Å². The molecule has 13 heavy (non-hydrogen) atoms. The molecule has 2 aliphatic rings. The quantitative estimate of drug-likeness (QED) is 0.618. The molecule has 2 fully saturated rings. The second kappa shape index (κ2) is 3.36. The predicted molar refractivity (Wildman–Crippen MR) is 50.2 cm³/mol. The largest absolute Gasteiger partial charge is 0.350 e. The van der Waals surface area contributed by atoms with Gasteiger partial charge in [0.2, 0.25) is 0 Å². The number of nitrogens with zero attached hydrogens (tertiary/aromatic N) is 1. The van der Waals surface area contributed by atoms with E-state index >= 15 is 0 Å². The van der Waals surface area contributed by atoms with Crippen molar-refractivity contribution in [2.45, 2.75) is 32.1 Å². The number of nitrogens with two attached hydrogens (primary N) is 1. The first-order valence-corrected chi connectivity index (χ1v) is 4.89. The first kappa shape index (κ1) is 8.53. The Labute approximate surface area is 77.6 Å². The Bertz CT molecular complexity index is 245.